The molecular formula is C13H22O5. The van der Waals surface area contributed by atoms with Gasteiger partial charge in [-0.2, -0.15) is 0 Å². The van der Waals surface area contributed by atoms with Crippen LogP contribution in [0, 0.1) is 5.92 Å². The van der Waals surface area contributed by atoms with Gasteiger partial charge in [-0.05, 0) is 18.9 Å². The standard InChI is InChI=1S/C13H22O5/c1-3-4-9-5-6-11(13(16)17-2)18-12(9)10(15)7-8-14/h6,9-10,12,14-15H,3-5,7-8H2,1-2H3/t9-,10?,12?/m1/s1. The minimum atomic E-state index is -0.764. The van der Waals surface area contributed by atoms with Crippen LogP contribution < -0.4 is 0 Å². The van der Waals surface area contributed by atoms with Crippen molar-refractivity contribution in [1.82, 2.24) is 0 Å². The maximum absolute atomic E-state index is 11.4. The lowest BCUT2D eigenvalue weighted by atomic mass is 9.87. The summed E-state index contributed by atoms with van der Waals surface area (Å²) in [7, 11) is 1.30. The highest BCUT2D eigenvalue weighted by Crippen LogP contribution is 2.30. The number of aliphatic hydroxyl groups is 2. The van der Waals surface area contributed by atoms with Gasteiger partial charge in [0.15, 0.2) is 0 Å². The van der Waals surface area contributed by atoms with Gasteiger partial charge in [0, 0.05) is 18.9 Å². The molecule has 0 aliphatic carbocycles. The van der Waals surface area contributed by atoms with Gasteiger partial charge in [-0.3, -0.25) is 0 Å². The molecule has 104 valence electrons. The summed E-state index contributed by atoms with van der Waals surface area (Å²) < 4.78 is 10.2. The molecule has 0 spiro atoms. The summed E-state index contributed by atoms with van der Waals surface area (Å²) in [6.07, 6.45) is 3.34. The summed E-state index contributed by atoms with van der Waals surface area (Å²) >= 11 is 0. The Hall–Kier alpha value is -1.07. The predicted octanol–water partition coefficient (Wildman–Crippen LogP) is 0.992. The van der Waals surface area contributed by atoms with Crippen LogP contribution in [0.25, 0.3) is 0 Å². The zero-order valence-electron chi connectivity index (χ0n) is 11.0. The molecular weight excluding hydrogens is 236 g/mol. The average molecular weight is 258 g/mol. The number of allylic oxidation sites excluding steroid dienone is 1. The first kappa shape index (κ1) is 15.0. The number of esters is 1. The molecule has 0 saturated carbocycles. The van der Waals surface area contributed by atoms with Crippen LogP contribution in [0.1, 0.15) is 32.6 Å². The van der Waals surface area contributed by atoms with Gasteiger partial charge in [-0.1, -0.05) is 13.3 Å². The number of rotatable bonds is 6. The Morgan fingerprint density at radius 2 is 2.39 bits per heavy atom. The zero-order chi connectivity index (χ0) is 13.5. The third-order valence-corrected chi connectivity index (χ3v) is 3.18. The van der Waals surface area contributed by atoms with Crippen molar-refractivity contribution >= 4 is 5.97 Å². The number of carbonyl (C=O) groups excluding carboxylic acids is 1. The topological polar surface area (TPSA) is 76.0 Å². The van der Waals surface area contributed by atoms with Crippen LogP contribution in [0.3, 0.4) is 0 Å². The smallest absolute Gasteiger partial charge is 0.372 e. The molecule has 1 heterocycles. The van der Waals surface area contributed by atoms with Crippen LogP contribution in [0.2, 0.25) is 0 Å². The lowest BCUT2D eigenvalue weighted by molar-refractivity contribution is -0.145. The second-order valence-electron chi connectivity index (χ2n) is 4.51. The first-order chi connectivity index (χ1) is 8.63. The summed E-state index contributed by atoms with van der Waals surface area (Å²) in [6, 6.07) is 0. The molecule has 5 heteroatoms. The van der Waals surface area contributed by atoms with Crippen LogP contribution in [-0.4, -0.2) is 42.1 Å². The molecule has 0 bridgehead atoms. The highest BCUT2D eigenvalue weighted by Gasteiger charge is 2.34. The highest BCUT2D eigenvalue weighted by molar-refractivity contribution is 5.86. The molecule has 3 atom stereocenters. The largest absolute Gasteiger partial charge is 0.480 e. The molecule has 0 radical (unpaired) electrons. The Labute approximate surface area is 107 Å². The van der Waals surface area contributed by atoms with Crippen molar-refractivity contribution in [2.45, 2.75) is 44.8 Å². The van der Waals surface area contributed by atoms with Crippen LogP contribution in [-0.2, 0) is 14.3 Å². The summed E-state index contributed by atoms with van der Waals surface area (Å²) in [6.45, 7) is 1.96. The van der Waals surface area contributed by atoms with Crippen molar-refractivity contribution in [2.75, 3.05) is 13.7 Å². The second-order valence-corrected chi connectivity index (χ2v) is 4.51. The van der Waals surface area contributed by atoms with Crippen molar-refractivity contribution in [3.63, 3.8) is 0 Å². The lowest BCUT2D eigenvalue weighted by Gasteiger charge is -2.34. The number of hydrogen-bond acceptors (Lipinski definition) is 5. The molecule has 2 unspecified atom stereocenters. The Morgan fingerprint density at radius 1 is 1.67 bits per heavy atom. The molecule has 1 aliphatic heterocycles. The third kappa shape index (κ3) is 3.71. The molecule has 0 aromatic carbocycles. The summed E-state index contributed by atoms with van der Waals surface area (Å²) in [4.78, 5) is 11.4. The lowest BCUT2D eigenvalue weighted by Crippen LogP contribution is -2.39. The first-order valence-corrected chi connectivity index (χ1v) is 6.38. The fourth-order valence-electron chi connectivity index (χ4n) is 2.26. The van der Waals surface area contributed by atoms with E-state index in [1.807, 2.05) is 0 Å². The minimum absolute atomic E-state index is 0.100. The molecule has 0 saturated heterocycles. The van der Waals surface area contributed by atoms with E-state index in [4.69, 9.17) is 9.84 Å². The predicted molar refractivity (Wildman–Crippen MR) is 65.7 cm³/mol. The van der Waals surface area contributed by atoms with Gasteiger partial charge in [-0.25, -0.2) is 4.79 Å². The van der Waals surface area contributed by atoms with Gasteiger partial charge >= 0.3 is 5.97 Å². The number of carbonyl (C=O) groups is 1. The van der Waals surface area contributed by atoms with E-state index in [1.165, 1.54) is 7.11 Å². The van der Waals surface area contributed by atoms with Crippen molar-refractivity contribution in [1.29, 1.82) is 0 Å². The van der Waals surface area contributed by atoms with Gasteiger partial charge in [0.25, 0.3) is 0 Å². The molecule has 0 aromatic rings. The van der Waals surface area contributed by atoms with Crippen LogP contribution in [0.5, 0.6) is 0 Å². The fraction of sp³-hybridized carbons (Fsp3) is 0.769. The normalized spacial score (nSPS) is 25.0. The van der Waals surface area contributed by atoms with Crippen LogP contribution in [0.15, 0.2) is 11.8 Å². The van der Waals surface area contributed by atoms with E-state index in [-0.39, 0.29) is 24.7 Å². The zero-order valence-corrected chi connectivity index (χ0v) is 11.0. The van der Waals surface area contributed by atoms with Crippen molar-refractivity contribution in [3.05, 3.63) is 11.8 Å². The third-order valence-electron chi connectivity index (χ3n) is 3.18. The molecule has 1 aliphatic rings. The van der Waals surface area contributed by atoms with E-state index in [2.05, 4.69) is 11.7 Å². The van der Waals surface area contributed by atoms with Gasteiger partial charge in [0.1, 0.15) is 6.10 Å². The quantitative estimate of drug-likeness (QED) is 0.695. The van der Waals surface area contributed by atoms with Crippen molar-refractivity contribution in [3.8, 4) is 0 Å². The highest BCUT2D eigenvalue weighted by atomic mass is 16.6. The van der Waals surface area contributed by atoms with E-state index >= 15 is 0 Å². The van der Waals surface area contributed by atoms with Gasteiger partial charge in [0.2, 0.25) is 5.76 Å². The van der Waals surface area contributed by atoms with E-state index in [0.29, 0.717) is 6.42 Å². The van der Waals surface area contributed by atoms with Gasteiger partial charge in [0.05, 0.1) is 13.2 Å². The molecule has 18 heavy (non-hydrogen) atoms. The summed E-state index contributed by atoms with van der Waals surface area (Å²) in [5.74, 6) is -0.192. The molecule has 5 nitrogen and oxygen atoms in total. The monoisotopic (exact) mass is 258 g/mol. The molecule has 0 amide bonds. The maximum atomic E-state index is 11.4. The van der Waals surface area contributed by atoms with E-state index in [0.717, 1.165) is 12.8 Å². The second kappa shape index (κ2) is 7.38. The Morgan fingerprint density at radius 3 is 2.94 bits per heavy atom. The average Bonchev–Trinajstić information content (AvgIpc) is 2.39. The summed E-state index contributed by atoms with van der Waals surface area (Å²) in [5, 5.41) is 18.9. The number of ether oxygens (including phenoxy) is 2. The van der Waals surface area contributed by atoms with Crippen molar-refractivity contribution in [2.24, 2.45) is 5.92 Å². The Balaban J connectivity index is 2.76. The van der Waals surface area contributed by atoms with E-state index < -0.39 is 18.2 Å². The molecule has 2 N–H and O–H groups in total. The van der Waals surface area contributed by atoms with Crippen LogP contribution in [0.4, 0.5) is 0 Å². The van der Waals surface area contributed by atoms with Gasteiger partial charge in [-0.15, -0.1) is 0 Å². The number of aliphatic hydroxyl groups excluding tert-OH is 2. The molecule has 0 aromatic heterocycles. The SMILES string of the molecule is CCC[C@@H]1CC=C(C(=O)OC)OC1C(O)CCO. The first-order valence-electron chi connectivity index (χ1n) is 6.38. The Bertz CT molecular complexity index is 300. The van der Waals surface area contributed by atoms with Crippen molar-refractivity contribution < 1.29 is 24.5 Å². The minimum Gasteiger partial charge on any atom is -0.480 e. The Kier molecular flexibility index (Phi) is 6.15. The number of hydrogen-bond donors (Lipinski definition) is 2. The fourth-order valence-corrected chi connectivity index (χ4v) is 2.26. The number of methoxy groups -OCH3 is 1. The molecule has 1 rings (SSSR count). The summed E-state index contributed by atoms with van der Waals surface area (Å²) in [5.41, 5.74) is 0. The van der Waals surface area contributed by atoms with E-state index in [1.54, 1.807) is 6.08 Å². The van der Waals surface area contributed by atoms with Crippen LogP contribution >= 0.6 is 0 Å². The maximum Gasteiger partial charge on any atom is 0.372 e. The van der Waals surface area contributed by atoms with E-state index in [9.17, 15) is 9.90 Å². The molecule has 0 fully saturated rings. The van der Waals surface area contributed by atoms with Gasteiger partial charge < -0.3 is 19.7 Å².